The van der Waals surface area contributed by atoms with Crippen molar-refractivity contribution >= 4 is 17.9 Å². The molecule has 0 bridgehead atoms. The Bertz CT molecular complexity index is 824. The first-order valence-corrected chi connectivity index (χ1v) is 26.1. The number of carbonyl (C=O) groups is 2. The molecular weight excluding hydrogens is 697 g/mol. The Morgan fingerprint density at radius 3 is 0.719 bits per heavy atom. The van der Waals surface area contributed by atoms with Gasteiger partial charge in [-0.1, -0.05) is 273 Å². The highest BCUT2D eigenvalue weighted by Crippen LogP contribution is 2.31. The average Bonchev–Trinajstić information content (AvgIpc) is 3.17. The van der Waals surface area contributed by atoms with Gasteiger partial charge < -0.3 is 0 Å². The van der Waals surface area contributed by atoms with Gasteiger partial charge in [0.1, 0.15) is 0 Å². The fourth-order valence-electron chi connectivity index (χ4n) is 8.77. The molecule has 0 fully saturated rings. The standard InChI is InChI=1S/C54H103O3/c1-49(2)42-36-30-24-18-12-7-9-15-21-27-33-39-45-52(56)54(48-55,47-41-35-29-23-17-11-14-20-26-32-38-44-51(5)6)53(57)46-40-34-28-22-16-10-8-13-19-25-31-37-43-50(3)4/h49-51H,7-47H2,1-6H3. The number of ketones is 2. The van der Waals surface area contributed by atoms with Gasteiger partial charge in [0.15, 0.2) is 17.0 Å². The van der Waals surface area contributed by atoms with Crippen LogP contribution >= 0.6 is 0 Å². The van der Waals surface area contributed by atoms with Crippen LogP contribution in [0.2, 0.25) is 0 Å². The van der Waals surface area contributed by atoms with Crippen LogP contribution in [0.4, 0.5) is 0 Å². The van der Waals surface area contributed by atoms with E-state index in [9.17, 15) is 14.4 Å². The lowest BCUT2D eigenvalue weighted by molar-refractivity contribution is -0.137. The van der Waals surface area contributed by atoms with Crippen LogP contribution in [0.25, 0.3) is 0 Å². The third-order valence-electron chi connectivity index (χ3n) is 12.8. The summed E-state index contributed by atoms with van der Waals surface area (Å²) in [6.07, 6.45) is 50.9. The van der Waals surface area contributed by atoms with E-state index in [1.807, 2.05) is 0 Å². The van der Waals surface area contributed by atoms with E-state index < -0.39 is 5.41 Å². The summed E-state index contributed by atoms with van der Waals surface area (Å²) < 4.78 is 0. The van der Waals surface area contributed by atoms with Gasteiger partial charge in [0.05, 0.1) is 0 Å². The van der Waals surface area contributed by atoms with Gasteiger partial charge in [-0.3, -0.25) is 14.4 Å². The first kappa shape index (κ1) is 56.0. The van der Waals surface area contributed by atoms with Crippen molar-refractivity contribution in [3.05, 3.63) is 0 Å². The Hall–Kier alpha value is -0.990. The van der Waals surface area contributed by atoms with Crippen LogP contribution < -0.4 is 0 Å². The zero-order chi connectivity index (χ0) is 42.1. The fourth-order valence-corrected chi connectivity index (χ4v) is 8.77. The second-order valence-electron chi connectivity index (χ2n) is 20.0. The summed E-state index contributed by atoms with van der Waals surface area (Å²) >= 11 is 0. The highest BCUT2D eigenvalue weighted by atomic mass is 16.2. The molecule has 0 saturated carbocycles. The van der Waals surface area contributed by atoms with Crippen LogP contribution in [0.15, 0.2) is 0 Å². The Kier molecular flexibility index (Phi) is 41.0. The average molecular weight is 800 g/mol. The fraction of sp³-hybridized carbons (Fsp3) is 0.944. The molecule has 0 aromatic rings. The molecule has 0 spiro atoms. The van der Waals surface area contributed by atoms with E-state index in [4.69, 9.17) is 0 Å². The molecule has 57 heavy (non-hydrogen) atoms. The van der Waals surface area contributed by atoms with Gasteiger partial charge in [0.25, 0.3) is 0 Å². The first-order valence-electron chi connectivity index (χ1n) is 26.1. The van der Waals surface area contributed by atoms with Crippen molar-refractivity contribution in [3.63, 3.8) is 0 Å². The van der Waals surface area contributed by atoms with Gasteiger partial charge in [0, 0.05) is 12.8 Å². The minimum Gasteiger partial charge on any atom is -0.298 e. The highest BCUT2D eigenvalue weighted by molar-refractivity contribution is 6.18. The van der Waals surface area contributed by atoms with Gasteiger partial charge in [-0.05, 0) is 37.0 Å². The van der Waals surface area contributed by atoms with Crippen molar-refractivity contribution in [3.8, 4) is 0 Å². The van der Waals surface area contributed by atoms with E-state index in [-0.39, 0.29) is 11.6 Å². The molecule has 0 aliphatic rings. The maximum atomic E-state index is 13.7. The molecule has 1 radical (unpaired) electrons. The number of hydrogen-bond acceptors (Lipinski definition) is 3. The van der Waals surface area contributed by atoms with Crippen molar-refractivity contribution in [2.24, 2.45) is 23.2 Å². The molecule has 0 aliphatic carbocycles. The van der Waals surface area contributed by atoms with E-state index in [2.05, 4.69) is 47.8 Å². The number of hydrogen-bond donors (Lipinski definition) is 0. The van der Waals surface area contributed by atoms with Gasteiger partial charge in [-0.15, -0.1) is 0 Å². The molecule has 0 aliphatic heterocycles. The van der Waals surface area contributed by atoms with Crippen LogP contribution in [-0.2, 0) is 14.4 Å². The van der Waals surface area contributed by atoms with Crippen molar-refractivity contribution in [2.75, 3.05) is 0 Å². The maximum Gasteiger partial charge on any atom is 0.220 e. The van der Waals surface area contributed by atoms with E-state index >= 15 is 0 Å². The van der Waals surface area contributed by atoms with Gasteiger partial charge in [0.2, 0.25) is 6.29 Å². The molecule has 3 heteroatoms. The molecule has 3 nitrogen and oxygen atoms in total. The SMILES string of the molecule is CC(C)CCCCCCCCCCCCCCC(=O)C([C]=O)(CCCCCCCCCCCCCC(C)C)C(=O)CCCCCCCCCCCCCCC(C)C. The molecule has 0 heterocycles. The summed E-state index contributed by atoms with van der Waals surface area (Å²) in [5.74, 6) is 2.23. The van der Waals surface area contributed by atoms with Crippen LogP contribution in [0.3, 0.4) is 0 Å². The number of Topliss-reactive ketones (excluding diaryl/α,β-unsaturated/α-hetero) is 2. The summed E-state index contributed by atoms with van der Waals surface area (Å²) in [4.78, 5) is 40.1. The minimum absolute atomic E-state index is 0.135. The molecule has 0 N–H and O–H groups in total. The predicted molar refractivity (Wildman–Crippen MR) is 252 cm³/mol. The summed E-state index contributed by atoms with van der Waals surface area (Å²) in [6.45, 7) is 13.9. The van der Waals surface area contributed by atoms with Crippen LogP contribution in [0.1, 0.15) is 305 Å². The summed E-state index contributed by atoms with van der Waals surface area (Å²) in [5.41, 5.74) is -1.51. The maximum absolute atomic E-state index is 13.7. The van der Waals surface area contributed by atoms with Crippen molar-refractivity contribution in [1.29, 1.82) is 0 Å². The normalized spacial score (nSPS) is 12.1. The highest BCUT2D eigenvalue weighted by Gasteiger charge is 2.44. The van der Waals surface area contributed by atoms with E-state index in [1.165, 1.54) is 186 Å². The molecule has 0 amide bonds. The van der Waals surface area contributed by atoms with Crippen molar-refractivity contribution in [2.45, 2.75) is 305 Å². The van der Waals surface area contributed by atoms with Crippen LogP contribution in [-0.4, -0.2) is 17.9 Å². The van der Waals surface area contributed by atoms with Crippen LogP contribution in [0, 0.1) is 23.2 Å². The van der Waals surface area contributed by atoms with Crippen molar-refractivity contribution in [1.82, 2.24) is 0 Å². The Balaban J connectivity index is 4.51. The number of rotatable bonds is 47. The zero-order valence-electron chi connectivity index (χ0n) is 39.9. The van der Waals surface area contributed by atoms with E-state index in [1.54, 1.807) is 0 Å². The predicted octanol–water partition coefficient (Wildman–Crippen LogP) is 18.2. The second kappa shape index (κ2) is 41.7. The van der Waals surface area contributed by atoms with Gasteiger partial charge in [-0.25, -0.2) is 0 Å². The zero-order valence-corrected chi connectivity index (χ0v) is 39.9. The molecule has 0 rings (SSSR count). The van der Waals surface area contributed by atoms with Crippen molar-refractivity contribution < 1.29 is 14.4 Å². The number of unbranched alkanes of at least 4 members (excludes halogenated alkanes) is 32. The lowest BCUT2D eigenvalue weighted by atomic mass is 9.73. The Labute approximate surface area is 359 Å². The topological polar surface area (TPSA) is 51.2 Å². The smallest absolute Gasteiger partial charge is 0.220 e. The molecule has 0 aromatic heterocycles. The summed E-state index contributed by atoms with van der Waals surface area (Å²) in [5, 5.41) is 0. The van der Waals surface area contributed by atoms with Gasteiger partial charge in [-0.2, -0.15) is 0 Å². The molecule has 0 saturated heterocycles. The largest absolute Gasteiger partial charge is 0.298 e. The molecule has 0 unspecified atom stereocenters. The Morgan fingerprint density at radius 1 is 0.316 bits per heavy atom. The van der Waals surface area contributed by atoms with Crippen LogP contribution in [0.5, 0.6) is 0 Å². The first-order chi connectivity index (χ1) is 27.7. The monoisotopic (exact) mass is 800 g/mol. The third kappa shape index (κ3) is 36.6. The van der Waals surface area contributed by atoms with E-state index in [0.717, 1.165) is 75.5 Å². The molecular formula is C54H103O3. The summed E-state index contributed by atoms with van der Waals surface area (Å²) in [6, 6.07) is 0. The quantitative estimate of drug-likeness (QED) is 0.0455. The molecule has 0 atom stereocenters. The molecule has 337 valence electrons. The Morgan fingerprint density at radius 2 is 0.509 bits per heavy atom. The summed E-state index contributed by atoms with van der Waals surface area (Å²) in [7, 11) is 0. The van der Waals surface area contributed by atoms with Gasteiger partial charge >= 0.3 is 0 Å². The minimum atomic E-state index is -1.51. The molecule has 0 aromatic carbocycles. The van der Waals surface area contributed by atoms with E-state index in [0.29, 0.717) is 19.3 Å². The lowest BCUT2D eigenvalue weighted by Crippen LogP contribution is -2.41. The third-order valence-corrected chi connectivity index (χ3v) is 12.8. The lowest BCUT2D eigenvalue weighted by Gasteiger charge is -2.25. The number of carbonyl (C=O) groups excluding carboxylic acids is 3. The second-order valence-corrected chi connectivity index (χ2v) is 20.0.